The van der Waals surface area contributed by atoms with E-state index in [-0.39, 0.29) is 17.2 Å². The van der Waals surface area contributed by atoms with Crippen LogP contribution < -0.4 is 10.6 Å². The van der Waals surface area contributed by atoms with Crippen molar-refractivity contribution < 1.29 is 9.53 Å². The maximum Gasteiger partial charge on any atom is 0.224 e. The van der Waals surface area contributed by atoms with Gasteiger partial charge in [0.1, 0.15) is 0 Å². The van der Waals surface area contributed by atoms with Crippen molar-refractivity contribution in [2.45, 2.75) is 38.5 Å². The van der Waals surface area contributed by atoms with E-state index < -0.39 is 0 Å². The van der Waals surface area contributed by atoms with Gasteiger partial charge < -0.3 is 15.4 Å². The van der Waals surface area contributed by atoms with Crippen LogP contribution in [0.4, 0.5) is 0 Å². The van der Waals surface area contributed by atoms with Gasteiger partial charge in [0.25, 0.3) is 0 Å². The van der Waals surface area contributed by atoms with Gasteiger partial charge in [-0.05, 0) is 32.2 Å². The van der Waals surface area contributed by atoms with E-state index in [1.165, 1.54) is 25.7 Å². The summed E-state index contributed by atoms with van der Waals surface area (Å²) in [7, 11) is 1.76. The van der Waals surface area contributed by atoms with E-state index in [0.29, 0.717) is 0 Å². The van der Waals surface area contributed by atoms with Gasteiger partial charge in [0.05, 0.1) is 12.5 Å². The van der Waals surface area contributed by atoms with Crippen LogP contribution >= 0.6 is 0 Å². The first-order valence-corrected chi connectivity index (χ1v) is 7.23. The summed E-state index contributed by atoms with van der Waals surface area (Å²) >= 11 is 0. The molecule has 0 radical (unpaired) electrons. The first-order chi connectivity index (χ1) is 8.76. The number of hydrogen-bond donors (Lipinski definition) is 2. The van der Waals surface area contributed by atoms with Crippen LogP contribution in [0.15, 0.2) is 0 Å². The molecule has 0 aromatic rings. The van der Waals surface area contributed by atoms with Gasteiger partial charge in [0.2, 0.25) is 5.91 Å². The van der Waals surface area contributed by atoms with E-state index in [4.69, 9.17) is 4.74 Å². The number of piperidine rings is 1. The van der Waals surface area contributed by atoms with E-state index >= 15 is 0 Å². The van der Waals surface area contributed by atoms with Crippen molar-refractivity contribution in [1.29, 1.82) is 0 Å². The van der Waals surface area contributed by atoms with E-state index in [1.54, 1.807) is 7.11 Å². The largest absolute Gasteiger partial charge is 0.384 e. The lowest BCUT2D eigenvalue weighted by atomic mass is 9.86. The Bertz CT molecular complexity index is 269. The minimum atomic E-state index is 0.166. The van der Waals surface area contributed by atoms with Gasteiger partial charge in [0, 0.05) is 25.6 Å². The molecule has 1 aliphatic carbocycles. The Morgan fingerprint density at radius 3 is 2.78 bits per heavy atom. The molecule has 4 nitrogen and oxygen atoms in total. The Kier molecular flexibility index (Phi) is 5.01. The molecule has 1 amide bonds. The van der Waals surface area contributed by atoms with Gasteiger partial charge in [0.15, 0.2) is 0 Å². The maximum atomic E-state index is 12.1. The Labute approximate surface area is 110 Å². The number of amides is 1. The van der Waals surface area contributed by atoms with Crippen LogP contribution in [0.2, 0.25) is 0 Å². The minimum absolute atomic E-state index is 0.166. The van der Waals surface area contributed by atoms with Gasteiger partial charge in [-0.25, -0.2) is 0 Å². The third-order valence-electron chi connectivity index (χ3n) is 4.42. The second-order valence-electron chi connectivity index (χ2n) is 5.90. The van der Waals surface area contributed by atoms with E-state index in [1.807, 2.05) is 0 Å². The van der Waals surface area contributed by atoms with Crippen molar-refractivity contribution in [3.63, 3.8) is 0 Å². The standard InChI is InChI=1S/C14H26N2O2/c1-18-11-14(6-2-3-7-14)10-16-13(17)12-5-4-8-15-9-12/h12,15H,2-11H2,1H3,(H,16,17). The molecular weight excluding hydrogens is 228 g/mol. The molecule has 1 heterocycles. The Balaban J connectivity index is 1.79. The lowest BCUT2D eigenvalue weighted by Gasteiger charge is -2.30. The summed E-state index contributed by atoms with van der Waals surface area (Å²) < 4.78 is 5.34. The molecule has 1 atom stereocenters. The average molecular weight is 254 g/mol. The number of methoxy groups -OCH3 is 1. The second-order valence-corrected chi connectivity index (χ2v) is 5.90. The van der Waals surface area contributed by atoms with Crippen LogP contribution in [0, 0.1) is 11.3 Å². The second kappa shape index (κ2) is 6.53. The third kappa shape index (κ3) is 3.45. The maximum absolute atomic E-state index is 12.1. The minimum Gasteiger partial charge on any atom is -0.384 e. The Hall–Kier alpha value is -0.610. The molecular formula is C14H26N2O2. The van der Waals surface area contributed by atoms with E-state index in [0.717, 1.165) is 39.1 Å². The van der Waals surface area contributed by atoms with Crippen molar-refractivity contribution in [2.75, 3.05) is 33.4 Å². The van der Waals surface area contributed by atoms with Gasteiger partial charge >= 0.3 is 0 Å². The van der Waals surface area contributed by atoms with Crippen LogP contribution in [0.1, 0.15) is 38.5 Å². The highest BCUT2D eigenvalue weighted by Gasteiger charge is 2.34. The number of hydrogen-bond acceptors (Lipinski definition) is 3. The molecule has 4 heteroatoms. The van der Waals surface area contributed by atoms with Crippen molar-refractivity contribution in [3.8, 4) is 0 Å². The van der Waals surface area contributed by atoms with Gasteiger partial charge in [-0.1, -0.05) is 12.8 Å². The molecule has 104 valence electrons. The fraction of sp³-hybridized carbons (Fsp3) is 0.929. The van der Waals surface area contributed by atoms with Crippen molar-refractivity contribution in [3.05, 3.63) is 0 Å². The van der Waals surface area contributed by atoms with Crippen molar-refractivity contribution in [2.24, 2.45) is 11.3 Å². The number of carbonyl (C=O) groups excluding carboxylic acids is 1. The summed E-state index contributed by atoms with van der Waals surface area (Å²) in [6.45, 7) is 3.45. The normalized spacial score (nSPS) is 27.1. The topological polar surface area (TPSA) is 50.4 Å². The summed E-state index contributed by atoms with van der Waals surface area (Å²) in [5, 5.41) is 6.45. The molecule has 2 aliphatic rings. The van der Waals surface area contributed by atoms with E-state index in [9.17, 15) is 4.79 Å². The van der Waals surface area contributed by atoms with Gasteiger partial charge in [-0.15, -0.1) is 0 Å². The van der Waals surface area contributed by atoms with Crippen molar-refractivity contribution >= 4 is 5.91 Å². The summed E-state index contributed by atoms with van der Waals surface area (Å²) in [6.07, 6.45) is 7.04. The summed E-state index contributed by atoms with van der Waals surface area (Å²) in [5.41, 5.74) is 0.201. The zero-order valence-corrected chi connectivity index (χ0v) is 11.5. The van der Waals surface area contributed by atoms with Crippen LogP contribution in [0.3, 0.4) is 0 Å². The lowest BCUT2D eigenvalue weighted by Crippen LogP contribution is -2.45. The van der Waals surface area contributed by atoms with Crippen LogP contribution in [0.25, 0.3) is 0 Å². The number of ether oxygens (including phenoxy) is 1. The number of nitrogens with one attached hydrogen (secondary N) is 2. The molecule has 1 aliphatic heterocycles. The first kappa shape index (κ1) is 13.8. The molecule has 1 unspecified atom stereocenters. The molecule has 2 fully saturated rings. The number of carbonyl (C=O) groups is 1. The Morgan fingerprint density at radius 1 is 1.39 bits per heavy atom. The molecule has 1 saturated heterocycles. The molecule has 2 N–H and O–H groups in total. The molecule has 1 saturated carbocycles. The smallest absolute Gasteiger partial charge is 0.224 e. The van der Waals surface area contributed by atoms with Crippen LogP contribution in [-0.4, -0.2) is 39.3 Å². The zero-order chi connectivity index (χ0) is 12.8. The predicted octanol–water partition coefficient (Wildman–Crippen LogP) is 1.31. The lowest BCUT2D eigenvalue weighted by molar-refractivity contribution is -0.126. The number of rotatable bonds is 5. The summed E-state index contributed by atoms with van der Waals surface area (Å²) in [5.74, 6) is 0.393. The quantitative estimate of drug-likeness (QED) is 0.778. The average Bonchev–Trinajstić information content (AvgIpc) is 2.87. The van der Waals surface area contributed by atoms with E-state index in [2.05, 4.69) is 10.6 Å². The SMILES string of the molecule is COCC1(CNC(=O)C2CCCNC2)CCCC1. The molecule has 0 aromatic carbocycles. The van der Waals surface area contributed by atoms with Crippen LogP contribution in [-0.2, 0) is 9.53 Å². The first-order valence-electron chi connectivity index (χ1n) is 7.23. The van der Waals surface area contributed by atoms with Crippen molar-refractivity contribution in [1.82, 2.24) is 10.6 Å². The fourth-order valence-corrected chi connectivity index (χ4v) is 3.30. The highest BCUT2D eigenvalue weighted by Crippen LogP contribution is 2.37. The Morgan fingerprint density at radius 2 is 2.17 bits per heavy atom. The molecule has 18 heavy (non-hydrogen) atoms. The third-order valence-corrected chi connectivity index (χ3v) is 4.42. The predicted molar refractivity (Wildman–Crippen MR) is 71.4 cm³/mol. The van der Waals surface area contributed by atoms with Crippen LogP contribution in [0.5, 0.6) is 0 Å². The fourth-order valence-electron chi connectivity index (χ4n) is 3.30. The highest BCUT2D eigenvalue weighted by atomic mass is 16.5. The van der Waals surface area contributed by atoms with Gasteiger partial charge in [-0.3, -0.25) is 4.79 Å². The zero-order valence-electron chi connectivity index (χ0n) is 11.5. The highest BCUT2D eigenvalue weighted by molar-refractivity contribution is 5.79. The summed E-state index contributed by atoms with van der Waals surface area (Å²) in [6, 6.07) is 0. The molecule has 0 bridgehead atoms. The molecule has 0 spiro atoms. The molecule has 0 aromatic heterocycles. The monoisotopic (exact) mass is 254 g/mol. The molecule has 2 rings (SSSR count). The summed E-state index contributed by atoms with van der Waals surface area (Å²) in [4.78, 5) is 12.1. The van der Waals surface area contributed by atoms with Gasteiger partial charge in [-0.2, -0.15) is 0 Å².